The second-order valence-corrected chi connectivity index (χ2v) is 3.14. The van der Waals surface area contributed by atoms with Crippen LogP contribution in [0.1, 0.15) is 10.4 Å². The van der Waals surface area contributed by atoms with Crippen LogP contribution in [0, 0.1) is 5.82 Å². The fourth-order valence-electron chi connectivity index (χ4n) is 1.15. The number of hydrogen-bond acceptors (Lipinski definition) is 2. The molecular weight excluding hydrogens is 183 g/mol. The maximum absolute atomic E-state index is 12.9. The van der Waals surface area contributed by atoms with Gasteiger partial charge in [-0.1, -0.05) is 0 Å². The lowest BCUT2D eigenvalue weighted by atomic mass is 10.1. The number of amides is 1. The van der Waals surface area contributed by atoms with Gasteiger partial charge in [-0.2, -0.15) is 0 Å². The number of benzene rings is 1. The predicted molar refractivity (Wildman–Crippen MR) is 54.0 cm³/mol. The molecule has 1 amide bonds. The van der Waals surface area contributed by atoms with E-state index < -0.39 is 5.82 Å². The van der Waals surface area contributed by atoms with Gasteiger partial charge in [0.25, 0.3) is 5.91 Å². The van der Waals surface area contributed by atoms with E-state index in [9.17, 15) is 9.18 Å². The summed E-state index contributed by atoms with van der Waals surface area (Å²) in [5.74, 6) is -0.622. The van der Waals surface area contributed by atoms with Gasteiger partial charge in [-0.25, -0.2) is 4.39 Å². The molecule has 0 aliphatic carbocycles. The van der Waals surface area contributed by atoms with Gasteiger partial charge in [-0.05, 0) is 18.2 Å². The Labute approximate surface area is 82.5 Å². The summed E-state index contributed by atoms with van der Waals surface area (Å²) < 4.78 is 12.9. The zero-order chi connectivity index (χ0) is 10.7. The molecule has 0 bridgehead atoms. The van der Waals surface area contributed by atoms with Crippen molar-refractivity contribution in [2.24, 2.45) is 0 Å². The van der Waals surface area contributed by atoms with Crippen LogP contribution in [-0.2, 0) is 0 Å². The van der Waals surface area contributed by atoms with Crippen LogP contribution in [0.3, 0.4) is 0 Å². The van der Waals surface area contributed by atoms with E-state index in [4.69, 9.17) is 0 Å². The molecule has 1 aromatic carbocycles. The summed E-state index contributed by atoms with van der Waals surface area (Å²) in [4.78, 5) is 13.0. The molecule has 0 radical (unpaired) electrons. The average Bonchev–Trinajstić information content (AvgIpc) is 2.16. The number of carbonyl (C=O) groups is 1. The molecule has 4 heteroatoms. The average molecular weight is 196 g/mol. The summed E-state index contributed by atoms with van der Waals surface area (Å²) in [5.41, 5.74) is 0.975. The van der Waals surface area contributed by atoms with E-state index in [1.54, 1.807) is 27.2 Å². The molecule has 0 aliphatic heterocycles. The molecule has 0 saturated heterocycles. The van der Waals surface area contributed by atoms with Crippen molar-refractivity contribution in [3.8, 4) is 0 Å². The fourth-order valence-corrected chi connectivity index (χ4v) is 1.15. The van der Waals surface area contributed by atoms with E-state index in [2.05, 4.69) is 5.32 Å². The highest BCUT2D eigenvalue weighted by Crippen LogP contribution is 2.17. The first-order valence-corrected chi connectivity index (χ1v) is 4.25. The zero-order valence-electron chi connectivity index (χ0n) is 8.47. The van der Waals surface area contributed by atoms with Gasteiger partial charge >= 0.3 is 0 Å². The third-order valence-corrected chi connectivity index (χ3v) is 1.89. The lowest BCUT2D eigenvalue weighted by Crippen LogP contribution is -2.22. The van der Waals surface area contributed by atoms with Gasteiger partial charge in [-0.3, -0.25) is 4.79 Å². The fraction of sp³-hybridized carbons (Fsp3) is 0.300. The van der Waals surface area contributed by atoms with Crippen molar-refractivity contribution in [2.45, 2.75) is 0 Å². The van der Waals surface area contributed by atoms with Crippen molar-refractivity contribution in [2.75, 3.05) is 26.5 Å². The van der Waals surface area contributed by atoms with Gasteiger partial charge in [0.1, 0.15) is 5.82 Å². The minimum absolute atomic E-state index is 0.214. The molecule has 3 nitrogen and oxygen atoms in total. The molecule has 0 aliphatic rings. The van der Waals surface area contributed by atoms with E-state index in [-0.39, 0.29) is 5.91 Å². The minimum Gasteiger partial charge on any atom is -0.387 e. The van der Waals surface area contributed by atoms with E-state index in [1.165, 1.54) is 17.0 Å². The molecule has 14 heavy (non-hydrogen) atoms. The highest BCUT2D eigenvalue weighted by Gasteiger charge is 2.13. The van der Waals surface area contributed by atoms with Crippen LogP contribution in [0.5, 0.6) is 0 Å². The summed E-state index contributed by atoms with van der Waals surface area (Å²) in [6.07, 6.45) is 0. The Hall–Kier alpha value is -1.58. The van der Waals surface area contributed by atoms with Crippen LogP contribution in [-0.4, -0.2) is 32.0 Å². The van der Waals surface area contributed by atoms with E-state index in [0.717, 1.165) is 0 Å². The molecule has 0 aromatic heterocycles. The van der Waals surface area contributed by atoms with Crippen molar-refractivity contribution < 1.29 is 9.18 Å². The number of rotatable bonds is 2. The number of nitrogens with one attached hydrogen (secondary N) is 1. The molecule has 76 valence electrons. The number of anilines is 1. The highest BCUT2D eigenvalue weighted by atomic mass is 19.1. The Balaban J connectivity index is 3.17. The molecule has 0 atom stereocenters. The van der Waals surface area contributed by atoms with Crippen LogP contribution in [0.25, 0.3) is 0 Å². The third-order valence-electron chi connectivity index (χ3n) is 1.89. The van der Waals surface area contributed by atoms with Crippen molar-refractivity contribution in [3.63, 3.8) is 0 Å². The third kappa shape index (κ3) is 2.02. The summed E-state index contributed by atoms with van der Waals surface area (Å²) in [7, 11) is 4.96. The van der Waals surface area contributed by atoms with Crippen molar-refractivity contribution >= 4 is 11.6 Å². The van der Waals surface area contributed by atoms with Crippen LogP contribution in [0.15, 0.2) is 18.2 Å². The predicted octanol–water partition coefficient (Wildman–Crippen LogP) is 1.57. The maximum Gasteiger partial charge on any atom is 0.255 e. The molecule has 0 fully saturated rings. The van der Waals surface area contributed by atoms with E-state index in [1.807, 2.05) is 0 Å². The molecule has 1 N–H and O–H groups in total. The van der Waals surface area contributed by atoms with Gasteiger partial charge in [0.15, 0.2) is 0 Å². The first-order chi connectivity index (χ1) is 6.56. The Morgan fingerprint density at radius 2 is 2.07 bits per heavy atom. The van der Waals surface area contributed by atoms with Gasteiger partial charge in [-0.15, -0.1) is 0 Å². The van der Waals surface area contributed by atoms with Crippen molar-refractivity contribution in [1.29, 1.82) is 0 Å². The monoisotopic (exact) mass is 196 g/mol. The Bertz CT molecular complexity index is 350. The van der Waals surface area contributed by atoms with Gasteiger partial charge in [0, 0.05) is 26.8 Å². The first kappa shape index (κ1) is 10.5. The van der Waals surface area contributed by atoms with Gasteiger partial charge in [0.05, 0.1) is 5.56 Å². The number of carbonyl (C=O) groups excluding carboxylic acids is 1. The van der Waals surface area contributed by atoms with Crippen molar-refractivity contribution in [1.82, 2.24) is 4.90 Å². The van der Waals surface area contributed by atoms with Crippen LogP contribution < -0.4 is 5.32 Å². The molecule has 0 unspecified atom stereocenters. The molecule has 1 rings (SSSR count). The van der Waals surface area contributed by atoms with E-state index >= 15 is 0 Å². The maximum atomic E-state index is 12.9. The highest BCUT2D eigenvalue weighted by molar-refractivity contribution is 5.99. The molecule has 0 heterocycles. The topological polar surface area (TPSA) is 32.3 Å². The largest absolute Gasteiger partial charge is 0.387 e. The Kier molecular flexibility index (Phi) is 3.06. The second-order valence-electron chi connectivity index (χ2n) is 3.14. The summed E-state index contributed by atoms with van der Waals surface area (Å²) >= 11 is 0. The number of nitrogens with zero attached hydrogens (tertiary/aromatic N) is 1. The van der Waals surface area contributed by atoms with Crippen molar-refractivity contribution in [3.05, 3.63) is 29.6 Å². The summed E-state index contributed by atoms with van der Waals surface area (Å²) in [6, 6.07) is 4.10. The number of halogens is 1. The quantitative estimate of drug-likeness (QED) is 0.778. The molecular formula is C10H13FN2O. The molecule has 1 aromatic rings. The summed E-state index contributed by atoms with van der Waals surface area (Å²) in [5, 5.41) is 2.84. The van der Waals surface area contributed by atoms with Crippen LogP contribution in [0.2, 0.25) is 0 Å². The van der Waals surface area contributed by atoms with Gasteiger partial charge in [0.2, 0.25) is 0 Å². The molecule has 0 spiro atoms. The molecule has 0 saturated carbocycles. The first-order valence-electron chi connectivity index (χ1n) is 4.25. The van der Waals surface area contributed by atoms with Gasteiger partial charge < -0.3 is 10.2 Å². The van der Waals surface area contributed by atoms with Crippen LogP contribution in [0.4, 0.5) is 10.1 Å². The standard InChI is InChI=1S/C10H13FN2O/c1-12-9-5-4-7(11)6-8(9)10(14)13(2)3/h4-6,12H,1-3H3. The minimum atomic E-state index is -0.408. The zero-order valence-corrected chi connectivity index (χ0v) is 8.47. The Morgan fingerprint density at radius 3 is 2.57 bits per heavy atom. The number of hydrogen-bond donors (Lipinski definition) is 1. The summed E-state index contributed by atoms with van der Waals surface area (Å²) in [6.45, 7) is 0. The van der Waals surface area contributed by atoms with E-state index in [0.29, 0.717) is 11.3 Å². The van der Waals surface area contributed by atoms with Crippen LogP contribution >= 0.6 is 0 Å². The normalized spacial score (nSPS) is 9.71. The lowest BCUT2D eigenvalue weighted by Gasteiger charge is -2.13. The Morgan fingerprint density at radius 1 is 1.43 bits per heavy atom. The second kappa shape index (κ2) is 4.09. The SMILES string of the molecule is CNc1ccc(F)cc1C(=O)N(C)C. The smallest absolute Gasteiger partial charge is 0.255 e. The lowest BCUT2D eigenvalue weighted by molar-refractivity contribution is 0.0828.